The lowest BCUT2D eigenvalue weighted by atomic mass is 9.96. The first-order valence-electron chi connectivity index (χ1n) is 14.9. The van der Waals surface area contributed by atoms with Crippen molar-refractivity contribution >= 4 is 29.3 Å². The standard InChI is InChI=1S/C31H41N5O7/c1-19-15-36(20(2)17-37)29(38)24-13-22(32-30(39)33-23-10-12-26-27(14-23)42-18-41-26)9-11-25(24)43-28(19)16-35(3)31(40)34-21-7-5-4-6-8-21/h9-14,19-21,28,37H,4-8,15-18H2,1-3H3,(H,34,40)(H2,32,33,39)/t19-,20-,28+/m0/s1. The number of aliphatic hydroxyl groups is 1. The lowest BCUT2D eigenvalue weighted by molar-refractivity contribution is 0.0366. The molecule has 12 heteroatoms. The molecule has 4 N–H and O–H groups in total. The molecule has 1 saturated carbocycles. The summed E-state index contributed by atoms with van der Waals surface area (Å²) in [6.45, 7) is 4.32. The van der Waals surface area contributed by atoms with Gasteiger partial charge < -0.3 is 45.1 Å². The number of nitrogens with one attached hydrogen (secondary N) is 3. The molecule has 5 rings (SSSR count). The van der Waals surface area contributed by atoms with Crippen LogP contribution in [0.4, 0.5) is 21.0 Å². The van der Waals surface area contributed by atoms with Gasteiger partial charge in [-0.1, -0.05) is 26.2 Å². The second kappa shape index (κ2) is 13.4. The summed E-state index contributed by atoms with van der Waals surface area (Å²) in [6.07, 6.45) is 5.01. The van der Waals surface area contributed by atoms with E-state index in [-0.39, 0.29) is 42.9 Å². The van der Waals surface area contributed by atoms with Crippen LogP contribution in [0.25, 0.3) is 0 Å². The highest BCUT2D eigenvalue weighted by molar-refractivity contribution is 6.02. The Morgan fingerprint density at radius 3 is 2.42 bits per heavy atom. The molecule has 43 heavy (non-hydrogen) atoms. The summed E-state index contributed by atoms with van der Waals surface area (Å²) in [5.41, 5.74) is 1.16. The largest absolute Gasteiger partial charge is 0.487 e. The summed E-state index contributed by atoms with van der Waals surface area (Å²) in [5, 5.41) is 18.6. The van der Waals surface area contributed by atoms with Gasteiger partial charge in [0.15, 0.2) is 11.5 Å². The van der Waals surface area contributed by atoms with Crippen molar-refractivity contribution in [3.8, 4) is 17.2 Å². The van der Waals surface area contributed by atoms with Gasteiger partial charge in [-0.3, -0.25) is 4.79 Å². The number of hydrogen-bond donors (Lipinski definition) is 4. The van der Waals surface area contributed by atoms with Crippen molar-refractivity contribution in [1.29, 1.82) is 0 Å². The highest BCUT2D eigenvalue weighted by Gasteiger charge is 2.34. The van der Waals surface area contributed by atoms with Crippen LogP contribution < -0.4 is 30.2 Å². The van der Waals surface area contributed by atoms with E-state index in [1.165, 1.54) is 6.42 Å². The van der Waals surface area contributed by atoms with E-state index < -0.39 is 18.2 Å². The molecule has 2 aromatic rings. The van der Waals surface area contributed by atoms with Crippen molar-refractivity contribution in [3.05, 3.63) is 42.0 Å². The Bertz CT molecular complexity index is 1330. The number of carbonyl (C=O) groups is 3. The third-order valence-electron chi connectivity index (χ3n) is 8.29. The maximum absolute atomic E-state index is 13.7. The minimum atomic E-state index is -0.504. The number of urea groups is 2. The maximum Gasteiger partial charge on any atom is 0.323 e. The lowest BCUT2D eigenvalue weighted by Gasteiger charge is -2.38. The van der Waals surface area contributed by atoms with Crippen LogP contribution in [-0.4, -0.2) is 84.6 Å². The van der Waals surface area contributed by atoms with Gasteiger partial charge >= 0.3 is 12.1 Å². The average molecular weight is 596 g/mol. The van der Waals surface area contributed by atoms with Crippen molar-refractivity contribution in [2.45, 2.75) is 64.1 Å². The first-order valence-corrected chi connectivity index (χ1v) is 14.9. The molecule has 2 heterocycles. The van der Waals surface area contributed by atoms with Gasteiger partial charge in [-0.2, -0.15) is 0 Å². The van der Waals surface area contributed by atoms with E-state index in [9.17, 15) is 19.5 Å². The Balaban J connectivity index is 1.32. The molecule has 2 aromatic carbocycles. The number of rotatable bonds is 7. The number of nitrogens with zero attached hydrogens (tertiary/aromatic N) is 2. The van der Waals surface area contributed by atoms with E-state index in [2.05, 4.69) is 16.0 Å². The summed E-state index contributed by atoms with van der Waals surface area (Å²) < 4.78 is 17.1. The number of hydrogen-bond acceptors (Lipinski definition) is 7. The van der Waals surface area contributed by atoms with E-state index in [4.69, 9.17) is 14.2 Å². The summed E-state index contributed by atoms with van der Waals surface area (Å²) >= 11 is 0. The SMILES string of the molecule is C[C@H]1CN([C@@H](C)CO)C(=O)c2cc(NC(=O)Nc3ccc4c(c3)OCO4)ccc2O[C@@H]1CN(C)C(=O)NC1CCCCC1. The van der Waals surface area contributed by atoms with Gasteiger partial charge in [-0.15, -0.1) is 0 Å². The molecule has 0 saturated heterocycles. The van der Waals surface area contributed by atoms with Crippen LogP contribution in [0.2, 0.25) is 0 Å². The van der Waals surface area contributed by atoms with E-state index >= 15 is 0 Å². The van der Waals surface area contributed by atoms with Gasteiger partial charge in [0.25, 0.3) is 5.91 Å². The molecule has 0 unspecified atom stereocenters. The van der Waals surface area contributed by atoms with Crippen molar-refractivity contribution < 1.29 is 33.7 Å². The third kappa shape index (κ3) is 7.24. The fourth-order valence-electron chi connectivity index (χ4n) is 5.67. The van der Waals surface area contributed by atoms with E-state index in [1.54, 1.807) is 60.2 Å². The summed E-state index contributed by atoms with van der Waals surface area (Å²) in [7, 11) is 1.75. The van der Waals surface area contributed by atoms with Crippen LogP contribution in [0.5, 0.6) is 17.2 Å². The highest BCUT2D eigenvalue weighted by Crippen LogP contribution is 2.34. The quantitative estimate of drug-likeness (QED) is 0.375. The van der Waals surface area contributed by atoms with Gasteiger partial charge in [0.1, 0.15) is 11.9 Å². The van der Waals surface area contributed by atoms with Crippen LogP contribution >= 0.6 is 0 Å². The third-order valence-corrected chi connectivity index (χ3v) is 8.29. The van der Waals surface area contributed by atoms with Crippen LogP contribution in [0.3, 0.4) is 0 Å². The van der Waals surface area contributed by atoms with Gasteiger partial charge in [0.05, 0.1) is 24.8 Å². The Morgan fingerprint density at radius 2 is 1.70 bits per heavy atom. The molecule has 3 atom stereocenters. The number of benzene rings is 2. The number of likely N-dealkylation sites (N-methyl/N-ethyl adjacent to an activating group) is 1. The first-order chi connectivity index (χ1) is 20.7. The Hall–Kier alpha value is -4.19. The van der Waals surface area contributed by atoms with Gasteiger partial charge in [0.2, 0.25) is 6.79 Å². The Morgan fingerprint density at radius 1 is 1.02 bits per heavy atom. The first kappa shape index (κ1) is 30.3. The Labute approximate surface area is 251 Å². The molecule has 1 aliphatic carbocycles. The molecule has 3 aliphatic rings. The summed E-state index contributed by atoms with van der Waals surface area (Å²) in [5.74, 6) is 1.04. The number of aliphatic hydroxyl groups excluding tert-OH is 1. The monoisotopic (exact) mass is 595 g/mol. The van der Waals surface area contributed by atoms with Gasteiger partial charge in [0, 0.05) is 43.0 Å². The van der Waals surface area contributed by atoms with Crippen LogP contribution in [0.1, 0.15) is 56.3 Å². The van der Waals surface area contributed by atoms with E-state index in [1.807, 2.05) is 6.92 Å². The number of fused-ring (bicyclic) bond motifs is 2. The number of amides is 5. The van der Waals surface area contributed by atoms with Crippen molar-refractivity contribution in [2.75, 3.05) is 44.2 Å². The number of carbonyl (C=O) groups excluding carboxylic acids is 3. The fraction of sp³-hybridized carbons (Fsp3) is 0.516. The van der Waals surface area contributed by atoms with Crippen LogP contribution in [0, 0.1) is 5.92 Å². The topological polar surface area (TPSA) is 142 Å². The number of ether oxygens (including phenoxy) is 3. The van der Waals surface area contributed by atoms with E-state index in [0.717, 1.165) is 25.7 Å². The zero-order valence-corrected chi connectivity index (χ0v) is 24.9. The molecule has 5 amide bonds. The molecular formula is C31H41N5O7. The zero-order chi connectivity index (χ0) is 30.5. The van der Waals surface area contributed by atoms with E-state index in [0.29, 0.717) is 41.7 Å². The zero-order valence-electron chi connectivity index (χ0n) is 24.9. The second-order valence-electron chi connectivity index (χ2n) is 11.6. The molecule has 2 aliphatic heterocycles. The Kier molecular flexibility index (Phi) is 9.44. The molecule has 0 bridgehead atoms. The minimum absolute atomic E-state index is 0.131. The lowest BCUT2D eigenvalue weighted by Crippen LogP contribution is -2.52. The predicted octanol–water partition coefficient (Wildman–Crippen LogP) is 4.25. The van der Waals surface area contributed by atoms with Crippen molar-refractivity contribution in [3.63, 3.8) is 0 Å². The molecule has 0 spiro atoms. The average Bonchev–Trinajstić information content (AvgIpc) is 3.47. The second-order valence-corrected chi connectivity index (χ2v) is 11.6. The van der Waals surface area contributed by atoms with Gasteiger partial charge in [-0.05, 0) is 50.1 Å². The smallest absolute Gasteiger partial charge is 0.323 e. The fourth-order valence-corrected chi connectivity index (χ4v) is 5.67. The molecule has 1 fully saturated rings. The van der Waals surface area contributed by atoms with Crippen molar-refractivity contribution in [1.82, 2.24) is 15.1 Å². The van der Waals surface area contributed by atoms with Crippen LogP contribution in [-0.2, 0) is 0 Å². The van der Waals surface area contributed by atoms with Gasteiger partial charge in [-0.25, -0.2) is 9.59 Å². The molecule has 12 nitrogen and oxygen atoms in total. The highest BCUT2D eigenvalue weighted by atomic mass is 16.7. The summed E-state index contributed by atoms with van der Waals surface area (Å²) in [6, 6.07) is 9.06. The molecular weight excluding hydrogens is 554 g/mol. The molecule has 232 valence electrons. The number of anilines is 2. The normalized spacial score (nSPS) is 20.7. The van der Waals surface area contributed by atoms with Crippen LogP contribution in [0.15, 0.2) is 36.4 Å². The minimum Gasteiger partial charge on any atom is -0.487 e. The predicted molar refractivity (Wildman–Crippen MR) is 161 cm³/mol. The molecule has 0 radical (unpaired) electrons. The summed E-state index contributed by atoms with van der Waals surface area (Å²) in [4.78, 5) is 42.8. The molecule has 0 aromatic heterocycles. The maximum atomic E-state index is 13.7. The van der Waals surface area contributed by atoms with Crippen molar-refractivity contribution in [2.24, 2.45) is 5.92 Å².